The zero-order valence-corrected chi connectivity index (χ0v) is 10.6. The molecule has 2 rings (SSSR count). The molecule has 0 unspecified atom stereocenters. The minimum absolute atomic E-state index is 0.264. The van der Waals surface area contributed by atoms with Crippen molar-refractivity contribution in [3.05, 3.63) is 40.5 Å². The molecule has 0 saturated heterocycles. The molecule has 1 aromatic carbocycles. The Kier molecular flexibility index (Phi) is 3.24. The number of para-hydroxylation sites is 1. The molecule has 0 N–H and O–H groups in total. The summed E-state index contributed by atoms with van der Waals surface area (Å²) >= 11 is 3.41. The quantitative estimate of drug-likeness (QED) is 0.867. The van der Waals surface area contributed by atoms with Crippen LogP contribution in [0.3, 0.4) is 0 Å². The lowest BCUT2D eigenvalue weighted by atomic mass is 10.3. The number of hydrogen-bond acceptors (Lipinski definition) is 4. The Morgan fingerprint density at radius 2 is 2.12 bits per heavy atom. The van der Waals surface area contributed by atoms with Crippen molar-refractivity contribution >= 4 is 15.9 Å². The van der Waals surface area contributed by atoms with Gasteiger partial charge in [-0.1, -0.05) is 17.3 Å². The summed E-state index contributed by atoms with van der Waals surface area (Å²) in [7, 11) is 0. The lowest BCUT2D eigenvalue weighted by molar-refractivity contribution is 0.174. The minimum atomic E-state index is -0.264. The molecule has 84 valence electrons. The number of hydrogen-bond donors (Lipinski definition) is 0. The molecule has 2 aromatic rings. The van der Waals surface area contributed by atoms with E-state index in [1.165, 1.54) is 0 Å². The van der Waals surface area contributed by atoms with Gasteiger partial charge < -0.3 is 9.26 Å². The number of benzene rings is 1. The molecular formula is C11H11BrN2O2. The van der Waals surface area contributed by atoms with Crippen molar-refractivity contribution in [3.8, 4) is 5.75 Å². The van der Waals surface area contributed by atoms with Crippen LogP contribution in [0.15, 0.2) is 33.3 Å². The Morgan fingerprint density at radius 3 is 2.75 bits per heavy atom. The Hall–Kier alpha value is -1.36. The SMILES string of the molecule is Cc1noc([C@@H](C)Oc2ccccc2Br)n1. The highest BCUT2D eigenvalue weighted by Gasteiger charge is 2.15. The second-order valence-corrected chi connectivity index (χ2v) is 4.22. The summed E-state index contributed by atoms with van der Waals surface area (Å²) in [5.41, 5.74) is 0. The standard InChI is InChI=1S/C11H11BrN2O2/c1-7(11-13-8(2)14-16-11)15-10-6-4-3-5-9(10)12/h3-7H,1-2H3/t7-/m1/s1. The third-order valence-electron chi connectivity index (χ3n) is 2.03. The number of aryl methyl sites for hydroxylation is 1. The molecule has 0 aliphatic heterocycles. The van der Waals surface area contributed by atoms with E-state index in [0.717, 1.165) is 10.2 Å². The maximum absolute atomic E-state index is 5.70. The van der Waals surface area contributed by atoms with Crippen molar-refractivity contribution in [3.63, 3.8) is 0 Å². The molecule has 16 heavy (non-hydrogen) atoms. The van der Waals surface area contributed by atoms with Crippen LogP contribution in [-0.4, -0.2) is 10.1 Å². The van der Waals surface area contributed by atoms with E-state index in [1.807, 2.05) is 31.2 Å². The summed E-state index contributed by atoms with van der Waals surface area (Å²) in [5, 5.41) is 3.72. The van der Waals surface area contributed by atoms with Gasteiger partial charge in [0.25, 0.3) is 5.89 Å². The Labute approximate surface area is 102 Å². The summed E-state index contributed by atoms with van der Waals surface area (Å²) < 4.78 is 11.6. The van der Waals surface area contributed by atoms with Crippen LogP contribution in [-0.2, 0) is 0 Å². The van der Waals surface area contributed by atoms with Crippen molar-refractivity contribution in [2.45, 2.75) is 20.0 Å². The van der Waals surface area contributed by atoms with E-state index in [-0.39, 0.29) is 6.10 Å². The maximum Gasteiger partial charge on any atom is 0.267 e. The highest BCUT2D eigenvalue weighted by Crippen LogP contribution is 2.28. The first-order valence-electron chi connectivity index (χ1n) is 4.88. The monoisotopic (exact) mass is 282 g/mol. The summed E-state index contributed by atoms with van der Waals surface area (Å²) in [6.07, 6.45) is -0.264. The van der Waals surface area contributed by atoms with Gasteiger partial charge >= 0.3 is 0 Å². The average molecular weight is 283 g/mol. The lowest BCUT2D eigenvalue weighted by Crippen LogP contribution is -2.03. The smallest absolute Gasteiger partial charge is 0.267 e. The van der Waals surface area contributed by atoms with Gasteiger partial charge in [-0.2, -0.15) is 4.98 Å². The van der Waals surface area contributed by atoms with E-state index in [1.54, 1.807) is 6.92 Å². The molecule has 0 aliphatic carbocycles. The van der Waals surface area contributed by atoms with Gasteiger partial charge in [-0.05, 0) is 41.9 Å². The molecule has 0 radical (unpaired) electrons. The normalized spacial score (nSPS) is 12.4. The van der Waals surface area contributed by atoms with E-state index in [0.29, 0.717) is 11.7 Å². The fourth-order valence-corrected chi connectivity index (χ4v) is 1.64. The van der Waals surface area contributed by atoms with Crippen LogP contribution in [0.1, 0.15) is 24.7 Å². The third kappa shape index (κ3) is 2.41. The van der Waals surface area contributed by atoms with Gasteiger partial charge in [-0.25, -0.2) is 0 Å². The minimum Gasteiger partial charge on any atom is -0.480 e. The Balaban J connectivity index is 2.13. The maximum atomic E-state index is 5.70. The van der Waals surface area contributed by atoms with Gasteiger partial charge in [0.05, 0.1) is 4.47 Å². The molecule has 4 nitrogen and oxygen atoms in total. The molecule has 5 heteroatoms. The number of nitrogens with zero attached hydrogens (tertiary/aromatic N) is 2. The van der Waals surface area contributed by atoms with Gasteiger partial charge in [0, 0.05) is 0 Å². The van der Waals surface area contributed by atoms with Crippen LogP contribution < -0.4 is 4.74 Å². The van der Waals surface area contributed by atoms with E-state index in [2.05, 4.69) is 26.1 Å². The summed E-state index contributed by atoms with van der Waals surface area (Å²) in [6.45, 7) is 3.64. The summed E-state index contributed by atoms with van der Waals surface area (Å²) in [6, 6.07) is 7.63. The molecule has 0 amide bonds. The zero-order valence-electron chi connectivity index (χ0n) is 8.98. The first-order valence-corrected chi connectivity index (χ1v) is 5.67. The van der Waals surface area contributed by atoms with Crippen molar-refractivity contribution < 1.29 is 9.26 Å². The van der Waals surface area contributed by atoms with Crippen LogP contribution in [0, 0.1) is 6.92 Å². The molecule has 0 fully saturated rings. The molecule has 0 spiro atoms. The number of aromatic nitrogens is 2. The average Bonchev–Trinajstić information content (AvgIpc) is 2.68. The highest BCUT2D eigenvalue weighted by atomic mass is 79.9. The fraction of sp³-hybridized carbons (Fsp3) is 0.273. The lowest BCUT2D eigenvalue weighted by Gasteiger charge is -2.11. The van der Waals surface area contributed by atoms with E-state index in [9.17, 15) is 0 Å². The van der Waals surface area contributed by atoms with Gasteiger partial charge in [-0.15, -0.1) is 0 Å². The van der Waals surface area contributed by atoms with Crippen molar-refractivity contribution in [1.29, 1.82) is 0 Å². The predicted molar refractivity (Wildman–Crippen MR) is 62.2 cm³/mol. The highest BCUT2D eigenvalue weighted by molar-refractivity contribution is 9.10. The van der Waals surface area contributed by atoms with Crippen LogP contribution in [0.4, 0.5) is 0 Å². The molecule has 1 aromatic heterocycles. The first-order chi connectivity index (χ1) is 7.66. The molecule has 0 saturated carbocycles. The molecular weight excluding hydrogens is 272 g/mol. The Morgan fingerprint density at radius 1 is 1.38 bits per heavy atom. The topological polar surface area (TPSA) is 48.2 Å². The molecule has 0 bridgehead atoms. The number of ether oxygens (including phenoxy) is 1. The van der Waals surface area contributed by atoms with Crippen LogP contribution >= 0.6 is 15.9 Å². The summed E-state index contributed by atoms with van der Waals surface area (Å²) in [4.78, 5) is 4.12. The van der Waals surface area contributed by atoms with Gasteiger partial charge in [-0.3, -0.25) is 0 Å². The third-order valence-corrected chi connectivity index (χ3v) is 2.69. The number of halogens is 1. The van der Waals surface area contributed by atoms with Crippen LogP contribution in [0.5, 0.6) is 5.75 Å². The van der Waals surface area contributed by atoms with Crippen molar-refractivity contribution in [2.24, 2.45) is 0 Å². The molecule has 0 aliphatic rings. The second kappa shape index (κ2) is 4.65. The van der Waals surface area contributed by atoms with E-state index < -0.39 is 0 Å². The Bertz CT molecular complexity index is 484. The molecule has 1 atom stereocenters. The van der Waals surface area contributed by atoms with Crippen LogP contribution in [0.25, 0.3) is 0 Å². The first kappa shape index (κ1) is 11.1. The van der Waals surface area contributed by atoms with Crippen molar-refractivity contribution in [2.75, 3.05) is 0 Å². The van der Waals surface area contributed by atoms with Gasteiger partial charge in [0.15, 0.2) is 11.9 Å². The van der Waals surface area contributed by atoms with Gasteiger partial charge in [0.1, 0.15) is 5.75 Å². The fourth-order valence-electron chi connectivity index (χ4n) is 1.26. The molecule has 1 heterocycles. The van der Waals surface area contributed by atoms with Crippen molar-refractivity contribution in [1.82, 2.24) is 10.1 Å². The van der Waals surface area contributed by atoms with E-state index >= 15 is 0 Å². The number of rotatable bonds is 3. The van der Waals surface area contributed by atoms with Crippen LogP contribution in [0.2, 0.25) is 0 Å². The largest absolute Gasteiger partial charge is 0.480 e. The summed E-state index contributed by atoms with van der Waals surface area (Å²) in [5.74, 6) is 1.84. The van der Waals surface area contributed by atoms with E-state index in [4.69, 9.17) is 9.26 Å². The zero-order chi connectivity index (χ0) is 11.5. The predicted octanol–water partition coefficient (Wildman–Crippen LogP) is 3.28. The van der Waals surface area contributed by atoms with Gasteiger partial charge in [0.2, 0.25) is 0 Å². The second-order valence-electron chi connectivity index (χ2n) is 3.37.